The van der Waals surface area contributed by atoms with Crippen molar-refractivity contribution in [2.45, 2.75) is 13.3 Å². The Morgan fingerprint density at radius 3 is 2.81 bits per heavy atom. The number of carbonyl (C=O) groups excluding carboxylic acids is 1. The second-order valence-corrected chi connectivity index (χ2v) is 6.71. The number of ether oxygens (including phenoxy) is 1. The average Bonchev–Trinajstić information content (AvgIpc) is 2.65. The van der Waals surface area contributed by atoms with Crippen LogP contribution in [0, 0.1) is 5.92 Å². The summed E-state index contributed by atoms with van der Waals surface area (Å²) >= 11 is 0. The molecule has 1 atom stereocenters. The highest BCUT2D eigenvalue weighted by molar-refractivity contribution is 6.07. The predicted octanol–water partition coefficient (Wildman–Crippen LogP) is 3.64. The third kappa shape index (κ3) is 2.75. The zero-order valence-corrected chi connectivity index (χ0v) is 14.7. The lowest BCUT2D eigenvalue weighted by molar-refractivity contribution is 0.0977. The minimum atomic E-state index is -0.614. The molecule has 1 aliphatic heterocycles. The molecule has 5 heteroatoms. The number of hydrogen-bond donors (Lipinski definition) is 0. The number of rotatable bonds is 2. The Hall–Kier alpha value is -3.08. The van der Waals surface area contributed by atoms with Gasteiger partial charge in [-0.3, -0.25) is 4.79 Å². The third-order valence-corrected chi connectivity index (χ3v) is 4.76. The van der Waals surface area contributed by atoms with Gasteiger partial charge in [0, 0.05) is 18.0 Å². The van der Waals surface area contributed by atoms with Crippen molar-refractivity contribution in [1.82, 2.24) is 0 Å². The van der Waals surface area contributed by atoms with Crippen LogP contribution in [0.2, 0.25) is 0 Å². The van der Waals surface area contributed by atoms with Crippen molar-refractivity contribution in [3.05, 3.63) is 70.1 Å². The van der Waals surface area contributed by atoms with E-state index in [-0.39, 0.29) is 11.5 Å². The summed E-state index contributed by atoms with van der Waals surface area (Å²) in [7, 11) is 1.59. The first-order chi connectivity index (χ1) is 12.6. The number of methoxy groups -OCH3 is 1. The average molecular weight is 349 g/mol. The van der Waals surface area contributed by atoms with Gasteiger partial charge in [-0.25, -0.2) is 4.79 Å². The van der Waals surface area contributed by atoms with Crippen LogP contribution in [0.15, 0.2) is 57.7 Å². The van der Waals surface area contributed by atoms with Gasteiger partial charge in [-0.05, 0) is 36.1 Å². The van der Waals surface area contributed by atoms with Crippen LogP contribution in [0.3, 0.4) is 0 Å². The maximum atomic E-state index is 13.2. The molecule has 1 aromatic heterocycles. The quantitative estimate of drug-likeness (QED) is 0.663. The molecule has 0 N–H and O–H groups in total. The summed E-state index contributed by atoms with van der Waals surface area (Å²) in [6, 6.07) is 14.5. The SMILES string of the molecule is COc1ccc2c(c1)N(C(=O)c1cc3ccccc3oc1=O)CC(C)C2. The largest absolute Gasteiger partial charge is 0.497 e. The van der Waals surface area contributed by atoms with E-state index in [2.05, 4.69) is 6.92 Å². The van der Waals surface area contributed by atoms with Crippen LogP contribution in [-0.4, -0.2) is 19.6 Å². The molecule has 4 rings (SSSR count). The van der Waals surface area contributed by atoms with Crippen molar-refractivity contribution in [3.63, 3.8) is 0 Å². The fourth-order valence-electron chi connectivity index (χ4n) is 3.49. The minimum absolute atomic E-state index is 0.0477. The summed E-state index contributed by atoms with van der Waals surface area (Å²) < 4.78 is 10.6. The number of anilines is 1. The molecule has 2 aromatic carbocycles. The Bertz CT molecular complexity index is 1050. The number of benzene rings is 2. The molecule has 132 valence electrons. The van der Waals surface area contributed by atoms with E-state index < -0.39 is 5.63 Å². The number of amides is 1. The van der Waals surface area contributed by atoms with Gasteiger partial charge in [0.15, 0.2) is 0 Å². The molecule has 0 spiro atoms. The lowest BCUT2D eigenvalue weighted by Gasteiger charge is -2.33. The van der Waals surface area contributed by atoms with Crippen molar-refractivity contribution in [2.75, 3.05) is 18.6 Å². The van der Waals surface area contributed by atoms with E-state index in [1.165, 1.54) is 0 Å². The molecule has 0 saturated heterocycles. The smallest absolute Gasteiger partial charge is 0.349 e. The summed E-state index contributed by atoms with van der Waals surface area (Å²) in [4.78, 5) is 27.3. The van der Waals surface area contributed by atoms with Crippen LogP contribution >= 0.6 is 0 Å². The highest BCUT2D eigenvalue weighted by atomic mass is 16.5. The summed E-state index contributed by atoms with van der Waals surface area (Å²) in [5.74, 6) is 0.638. The number of hydrogen-bond acceptors (Lipinski definition) is 4. The molecule has 5 nitrogen and oxygen atoms in total. The number of nitrogens with zero attached hydrogens (tertiary/aromatic N) is 1. The van der Waals surface area contributed by atoms with Gasteiger partial charge < -0.3 is 14.1 Å². The van der Waals surface area contributed by atoms with E-state index in [4.69, 9.17) is 9.15 Å². The van der Waals surface area contributed by atoms with E-state index in [0.717, 1.165) is 23.1 Å². The van der Waals surface area contributed by atoms with E-state index in [1.807, 2.05) is 30.3 Å². The monoisotopic (exact) mass is 349 g/mol. The predicted molar refractivity (Wildman–Crippen MR) is 100 cm³/mol. The van der Waals surface area contributed by atoms with Crippen LogP contribution in [0.4, 0.5) is 5.69 Å². The first-order valence-electron chi connectivity index (χ1n) is 8.58. The van der Waals surface area contributed by atoms with Crippen LogP contribution in [0.5, 0.6) is 5.75 Å². The number of fused-ring (bicyclic) bond motifs is 2. The second-order valence-electron chi connectivity index (χ2n) is 6.71. The molecule has 0 bridgehead atoms. The van der Waals surface area contributed by atoms with Crippen LogP contribution in [0.25, 0.3) is 11.0 Å². The first-order valence-corrected chi connectivity index (χ1v) is 8.58. The van der Waals surface area contributed by atoms with Crippen LogP contribution in [0.1, 0.15) is 22.8 Å². The van der Waals surface area contributed by atoms with Gasteiger partial charge in [0.05, 0.1) is 12.8 Å². The highest BCUT2D eigenvalue weighted by Gasteiger charge is 2.29. The van der Waals surface area contributed by atoms with Gasteiger partial charge in [-0.2, -0.15) is 0 Å². The van der Waals surface area contributed by atoms with Crippen molar-refractivity contribution in [2.24, 2.45) is 5.92 Å². The Morgan fingerprint density at radius 1 is 1.19 bits per heavy atom. The lowest BCUT2D eigenvalue weighted by Crippen LogP contribution is -2.41. The van der Waals surface area contributed by atoms with Crippen molar-refractivity contribution < 1.29 is 13.9 Å². The van der Waals surface area contributed by atoms with E-state index in [1.54, 1.807) is 30.2 Å². The maximum Gasteiger partial charge on any atom is 0.349 e. The van der Waals surface area contributed by atoms with E-state index >= 15 is 0 Å². The molecule has 26 heavy (non-hydrogen) atoms. The lowest BCUT2D eigenvalue weighted by atomic mass is 9.93. The van der Waals surface area contributed by atoms with Crippen LogP contribution in [-0.2, 0) is 6.42 Å². The Morgan fingerprint density at radius 2 is 2.00 bits per heavy atom. The Balaban J connectivity index is 1.82. The molecule has 1 unspecified atom stereocenters. The normalized spacial score (nSPS) is 16.4. The third-order valence-electron chi connectivity index (χ3n) is 4.76. The molecule has 0 radical (unpaired) electrons. The van der Waals surface area contributed by atoms with Crippen molar-refractivity contribution in [1.29, 1.82) is 0 Å². The van der Waals surface area contributed by atoms with E-state index in [0.29, 0.717) is 23.8 Å². The molecule has 0 fully saturated rings. The van der Waals surface area contributed by atoms with Gasteiger partial charge >= 0.3 is 5.63 Å². The molecular weight excluding hydrogens is 330 g/mol. The molecule has 2 heterocycles. The summed E-state index contributed by atoms with van der Waals surface area (Å²) in [6.07, 6.45) is 0.884. The van der Waals surface area contributed by atoms with Crippen molar-refractivity contribution >= 4 is 22.6 Å². The van der Waals surface area contributed by atoms with Gasteiger partial charge in [0.2, 0.25) is 0 Å². The minimum Gasteiger partial charge on any atom is -0.497 e. The van der Waals surface area contributed by atoms with Gasteiger partial charge in [0.1, 0.15) is 16.9 Å². The van der Waals surface area contributed by atoms with Crippen molar-refractivity contribution in [3.8, 4) is 5.75 Å². The van der Waals surface area contributed by atoms with Gasteiger partial charge in [-0.1, -0.05) is 31.2 Å². The highest BCUT2D eigenvalue weighted by Crippen LogP contribution is 2.33. The molecule has 1 aliphatic rings. The van der Waals surface area contributed by atoms with Crippen LogP contribution < -0.4 is 15.3 Å². The topological polar surface area (TPSA) is 59.8 Å². The standard InChI is InChI=1S/C21H19NO4/c1-13-9-14-7-8-16(25-2)11-18(14)22(12-13)20(23)17-10-15-5-3-4-6-19(15)26-21(17)24/h3-8,10-11,13H,9,12H2,1-2H3. The number of para-hydroxylation sites is 1. The Labute approximate surface area is 150 Å². The summed E-state index contributed by atoms with van der Waals surface area (Å²) in [6.45, 7) is 2.64. The molecule has 0 saturated carbocycles. The summed E-state index contributed by atoms with van der Waals surface area (Å²) in [5, 5.41) is 0.728. The zero-order chi connectivity index (χ0) is 18.3. The molecule has 3 aromatic rings. The maximum absolute atomic E-state index is 13.2. The number of carbonyl (C=O) groups is 1. The molecular formula is C21H19NO4. The zero-order valence-electron chi connectivity index (χ0n) is 14.7. The van der Waals surface area contributed by atoms with Gasteiger partial charge in [-0.15, -0.1) is 0 Å². The first kappa shape index (κ1) is 16.4. The van der Waals surface area contributed by atoms with E-state index in [9.17, 15) is 9.59 Å². The molecule has 1 amide bonds. The summed E-state index contributed by atoms with van der Waals surface area (Å²) in [5.41, 5.74) is 1.77. The fraction of sp³-hybridized carbons (Fsp3) is 0.238. The fourth-order valence-corrected chi connectivity index (χ4v) is 3.49. The van der Waals surface area contributed by atoms with Gasteiger partial charge in [0.25, 0.3) is 5.91 Å². The molecule has 0 aliphatic carbocycles. The Kier molecular flexibility index (Phi) is 3.99. The second kappa shape index (κ2) is 6.33.